The van der Waals surface area contributed by atoms with Crippen LogP contribution in [0.3, 0.4) is 0 Å². The highest BCUT2D eigenvalue weighted by Gasteiger charge is 2.14. The first-order valence-corrected chi connectivity index (χ1v) is 7.03. The predicted molar refractivity (Wildman–Crippen MR) is 68.8 cm³/mol. The lowest BCUT2D eigenvalue weighted by molar-refractivity contribution is 0.488. The van der Waals surface area contributed by atoms with Crippen molar-refractivity contribution in [2.45, 2.75) is 65.0 Å². The molecule has 17 heavy (non-hydrogen) atoms. The standard InChI is InChI=1S/C13H24N4/c1-2-3-4-5-6-7-8-12-15-16-13-11-14-9-10-17(12)13/h14H,2-11H2,1H3. The number of aryl methyl sites for hydroxylation is 1. The molecular weight excluding hydrogens is 212 g/mol. The Balaban J connectivity index is 1.70. The minimum atomic E-state index is 0.878. The summed E-state index contributed by atoms with van der Waals surface area (Å²) in [7, 11) is 0. The minimum absolute atomic E-state index is 0.878. The second kappa shape index (κ2) is 6.74. The number of fused-ring (bicyclic) bond motifs is 1. The van der Waals surface area contributed by atoms with Crippen LogP contribution in [0.25, 0.3) is 0 Å². The summed E-state index contributed by atoms with van der Waals surface area (Å²) in [6, 6.07) is 0. The quantitative estimate of drug-likeness (QED) is 0.739. The molecule has 0 amide bonds. The van der Waals surface area contributed by atoms with E-state index in [1.54, 1.807) is 0 Å². The van der Waals surface area contributed by atoms with E-state index in [0.29, 0.717) is 0 Å². The molecule has 4 nitrogen and oxygen atoms in total. The lowest BCUT2D eigenvalue weighted by atomic mass is 10.1. The maximum Gasteiger partial charge on any atom is 0.147 e. The van der Waals surface area contributed by atoms with Gasteiger partial charge in [-0.05, 0) is 6.42 Å². The van der Waals surface area contributed by atoms with Gasteiger partial charge in [-0.15, -0.1) is 10.2 Å². The molecule has 1 aliphatic heterocycles. The van der Waals surface area contributed by atoms with Gasteiger partial charge in [0.2, 0.25) is 0 Å². The highest BCUT2D eigenvalue weighted by molar-refractivity contribution is 4.98. The molecule has 0 radical (unpaired) electrons. The molecule has 1 N–H and O–H groups in total. The number of nitrogens with zero attached hydrogens (tertiary/aromatic N) is 3. The molecule has 96 valence electrons. The number of hydrogen-bond acceptors (Lipinski definition) is 3. The number of nitrogens with one attached hydrogen (secondary N) is 1. The zero-order chi connectivity index (χ0) is 11.9. The van der Waals surface area contributed by atoms with Gasteiger partial charge in [-0.2, -0.15) is 0 Å². The fourth-order valence-corrected chi connectivity index (χ4v) is 2.40. The summed E-state index contributed by atoms with van der Waals surface area (Å²) in [5, 5.41) is 11.9. The summed E-state index contributed by atoms with van der Waals surface area (Å²) in [4.78, 5) is 0. The maximum absolute atomic E-state index is 4.30. The van der Waals surface area contributed by atoms with Gasteiger partial charge in [-0.3, -0.25) is 0 Å². The first-order valence-electron chi connectivity index (χ1n) is 7.03. The van der Waals surface area contributed by atoms with E-state index in [1.807, 2.05) is 0 Å². The summed E-state index contributed by atoms with van der Waals surface area (Å²) < 4.78 is 2.29. The summed E-state index contributed by atoms with van der Waals surface area (Å²) in [5.41, 5.74) is 0. The van der Waals surface area contributed by atoms with Crippen LogP contribution < -0.4 is 5.32 Å². The van der Waals surface area contributed by atoms with Crippen molar-refractivity contribution < 1.29 is 0 Å². The highest BCUT2D eigenvalue weighted by Crippen LogP contribution is 2.11. The highest BCUT2D eigenvalue weighted by atomic mass is 15.3. The van der Waals surface area contributed by atoms with Crippen LogP contribution in [0, 0.1) is 0 Å². The van der Waals surface area contributed by atoms with Crippen molar-refractivity contribution in [2.24, 2.45) is 0 Å². The molecule has 0 atom stereocenters. The van der Waals surface area contributed by atoms with E-state index in [9.17, 15) is 0 Å². The van der Waals surface area contributed by atoms with Gasteiger partial charge in [0.05, 0.1) is 6.54 Å². The average molecular weight is 236 g/mol. The van der Waals surface area contributed by atoms with Crippen LogP contribution in [0.15, 0.2) is 0 Å². The van der Waals surface area contributed by atoms with E-state index in [-0.39, 0.29) is 0 Å². The monoisotopic (exact) mass is 236 g/mol. The SMILES string of the molecule is CCCCCCCCc1nnc2n1CCNC2. The fourth-order valence-electron chi connectivity index (χ4n) is 2.40. The zero-order valence-electron chi connectivity index (χ0n) is 10.9. The lowest BCUT2D eigenvalue weighted by Gasteiger charge is -2.15. The number of aromatic nitrogens is 3. The van der Waals surface area contributed by atoms with Crippen molar-refractivity contribution in [2.75, 3.05) is 6.54 Å². The van der Waals surface area contributed by atoms with Crippen LogP contribution in [-0.4, -0.2) is 21.3 Å². The maximum atomic E-state index is 4.30. The summed E-state index contributed by atoms with van der Waals surface area (Å²) in [5.74, 6) is 2.30. The van der Waals surface area contributed by atoms with E-state index in [0.717, 1.165) is 31.9 Å². The van der Waals surface area contributed by atoms with Gasteiger partial charge in [0.25, 0.3) is 0 Å². The summed E-state index contributed by atoms with van der Waals surface area (Å²) >= 11 is 0. The molecule has 4 heteroatoms. The Bertz CT molecular complexity index is 332. The largest absolute Gasteiger partial charge is 0.313 e. The van der Waals surface area contributed by atoms with Gasteiger partial charge in [-0.25, -0.2) is 0 Å². The molecule has 0 unspecified atom stereocenters. The Morgan fingerprint density at radius 2 is 1.94 bits per heavy atom. The molecule has 1 aromatic heterocycles. The number of hydrogen-bond donors (Lipinski definition) is 1. The Morgan fingerprint density at radius 3 is 2.82 bits per heavy atom. The third-order valence-electron chi connectivity index (χ3n) is 3.45. The molecule has 1 aliphatic rings. The van der Waals surface area contributed by atoms with Crippen LogP contribution >= 0.6 is 0 Å². The molecule has 0 fully saturated rings. The first kappa shape index (κ1) is 12.6. The third-order valence-corrected chi connectivity index (χ3v) is 3.45. The molecule has 0 saturated carbocycles. The third kappa shape index (κ3) is 3.53. The van der Waals surface area contributed by atoms with Gasteiger partial charge >= 0.3 is 0 Å². The molecule has 0 aliphatic carbocycles. The number of unbranched alkanes of at least 4 members (excludes halogenated alkanes) is 5. The van der Waals surface area contributed by atoms with Crippen LogP contribution in [0.2, 0.25) is 0 Å². The van der Waals surface area contributed by atoms with Crippen LogP contribution in [-0.2, 0) is 19.5 Å². The zero-order valence-corrected chi connectivity index (χ0v) is 10.9. The number of rotatable bonds is 7. The molecule has 0 saturated heterocycles. The van der Waals surface area contributed by atoms with Gasteiger partial charge < -0.3 is 9.88 Å². The molecule has 1 aromatic rings. The van der Waals surface area contributed by atoms with Crippen LogP contribution in [0.5, 0.6) is 0 Å². The topological polar surface area (TPSA) is 42.7 Å². The second-order valence-corrected chi connectivity index (χ2v) is 4.88. The van der Waals surface area contributed by atoms with E-state index >= 15 is 0 Å². The molecule has 0 spiro atoms. The van der Waals surface area contributed by atoms with Gasteiger partial charge in [0.1, 0.15) is 11.6 Å². The summed E-state index contributed by atoms with van der Waals surface area (Å²) in [6.07, 6.45) is 9.15. The van der Waals surface area contributed by atoms with E-state index in [2.05, 4.69) is 27.0 Å². The minimum Gasteiger partial charge on any atom is -0.313 e. The second-order valence-electron chi connectivity index (χ2n) is 4.88. The first-order chi connectivity index (χ1) is 8.42. The van der Waals surface area contributed by atoms with Crippen molar-refractivity contribution in [3.05, 3.63) is 11.6 Å². The Kier molecular flexibility index (Phi) is 4.98. The Morgan fingerprint density at radius 1 is 1.12 bits per heavy atom. The van der Waals surface area contributed by atoms with Crippen molar-refractivity contribution >= 4 is 0 Å². The molecular formula is C13H24N4. The van der Waals surface area contributed by atoms with Crippen LogP contribution in [0.4, 0.5) is 0 Å². The van der Waals surface area contributed by atoms with E-state index < -0.39 is 0 Å². The fraction of sp³-hybridized carbons (Fsp3) is 0.846. The van der Waals surface area contributed by atoms with Gasteiger partial charge in [0, 0.05) is 19.5 Å². The Labute approximate surface area is 104 Å². The molecule has 2 rings (SSSR count). The predicted octanol–water partition coefficient (Wildman–Crippen LogP) is 2.28. The molecule has 0 bridgehead atoms. The Hall–Kier alpha value is -0.900. The smallest absolute Gasteiger partial charge is 0.147 e. The van der Waals surface area contributed by atoms with Gasteiger partial charge in [0.15, 0.2) is 0 Å². The van der Waals surface area contributed by atoms with Crippen LogP contribution in [0.1, 0.15) is 57.1 Å². The van der Waals surface area contributed by atoms with Gasteiger partial charge in [-0.1, -0.05) is 39.0 Å². The molecule has 0 aromatic carbocycles. The van der Waals surface area contributed by atoms with Crippen molar-refractivity contribution in [3.63, 3.8) is 0 Å². The summed E-state index contributed by atoms with van der Waals surface area (Å²) in [6.45, 7) is 5.22. The van der Waals surface area contributed by atoms with E-state index in [1.165, 1.54) is 44.3 Å². The molecule has 2 heterocycles. The normalized spacial score (nSPS) is 14.9. The van der Waals surface area contributed by atoms with Crippen molar-refractivity contribution in [3.8, 4) is 0 Å². The lowest BCUT2D eigenvalue weighted by Crippen LogP contribution is -2.29. The average Bonchev–Trinajstić information content (AvgIpc) is 2.77. The van der Waals surface area contributed by atoms with Crippen molar-refractivity contribution in [1.29, 1.82) is 0 Å². The van der Waals surface area contributed by atoms with Crippen molar-refractivity contribution in [1.82, 2.24) is 20.1 Å². The van der Waals surface area contributed by atoms with E-state index in [4.69, 9.17) is 0 Å².